The van der Waals surface area contributed by atoms with Gasteiger partial charge in [0.1, 0.15) is 23.5 Å². The Bertz CT molecular complexity index is 1030. The maximum atomic E-state index is 6.20. The lowest BCUT2D eigenvalue weighted by molar-refractivity contribution is 0.0371. The zero-order valence-electron chi connectivity index (χ0n) is 18.7. The van der Waals surface area contributed by atoms with Crippen molar-refractivity contribution in [3.8, 4) is 16.9 Å². The van der Waals surface area contributed by atoms with Crippen LogP contribution >= 0.6 is 0 Å². The molecule has 3 heterocycles. The summed E-state index contributed by atoms with van der Waals surface area (Å²) in [6.07, 6.45) is 1.67. The molecule has 1 saturated heterocycles. The molecule has 0 N–H and O–H groups in total. The summed E-state index contributed by atoms with van der Waals surface area (Å²) in [6.45, 7) is 5.94. The van der Waals surface area contributed by atoms with E-state index >= 15 is 0 Å². The van der Waals surface area contributed by atoms with E-state index in [-0.39, 0.29) is 6.10 Å². The summed E-state index contributed by atoms with van der Waals surface area (Å²) in [5.41, 5.74) is 3.81. The predicted molar refractivity (Wildman–Crippen MR) is 121 cm³/mol. The first-order valence-corrected chi connectivity index (χ1v) is 10.3. The Balaban J connectivity index is 1.71. The van der Waals surface area contributed by atoms with Crippen LogP contribution in [0.25, 0.3) is 11.1 Å². The van der Waals surface area contributed by atoms with Crippen molar-refractivity contribution in [2.45, 2.75) is 20.0 Å². The summed E-state index contributed by atoms with van der Waals surface area (Å²) in [7, 11) is 5.54. The first kappa shape index (κ1) is 21.0. The number of methoxy groups -OCH3 is 1. The highest BCUT2D eigenvalue weighted by molar-refractivity contribution is 5.67. The fourth-order valence-corrected chi connectivity index (χ4v) is 3.72. The molecule has 1 unspecified atom stereocenters. The summed E-state index contributed by atoms with van der Waals surface area (Å²) < 4.78 is 11.5. The van der Waals surface area contributed by atoms with Crippen LogP contribution in [0.15, 0.2) is 36.5 Å². The smallest absolute Gasteiger partial charge is 0.225 e. The minimum Gasteiger partial charge on any atom is -0.497 e. The largest absolute Gasteiger partial charge is 0.497 e. The maximum absolute atomic E-state index is 6.20. The zero-order chi connectivity index (χ0) is 22.0. The fourth-order valence-electron chi connectivity index (χ4n) is 3.72. The first-order valence-electron chi connectivity index (χ1n) is 10.3. The van der Waals surface area contributed by atoms with Gasteiger partial charge in [-0.2, -0.15) is 0 Å². The molecule has 1 fully saturated rings. The molecule has 4 rings (SSSR count). The molecule has 0 radical (unpaired) electrons. The highest BCUT2D eigenvalue weighted by atomic mass is 16.5. The van der Waals surface area contributed by atoms with Gasteiger partial charge in [-0.25, -0.2) is 19.9 Å². The average molecular weight is 421 g/mol. The average Bonchev–Trinajstić information content (AvgIpc) is 2.78. The molecule has 0 aliphatic carbocycles. The molecule has 1 aliphatic rings. The molecule has 1 aliphatic heterocycles. The summed E-state index contributed by atoms with van der Waals surface area (Å²) in [4.78, 5) is 22.6. The molecule has 3 aromatic rings. The van der Waals surface area contributed by atoms with E-state index in [2.05, 4.69) is 19.9 Å². The Morgan fingerprint density at radius 1 is 1.10 bits per heavy atom. The van der Waals surface area contributed by atoms with Crippen molar-refractivity contribution in [2.75, 3.05) is 50.7 Å². The van der Waals surface area contributed by atoms with Gasteiger partial charge in [0.05, 0.1) is 26.0 Å². The van der Waals surface area contributed by atoms with E-state index < -0.39 is 0 Å². The Kier molecular flexibility index (Phi) is 5.99. The number of nitrogens with zero attached hydrogens (tertiary/aromatic N) is 6. The van der Waals surface area contributed by atoms with Gasteiger partial charge in [0.2, 0.25) is 5.95 Å². The molecule has 0 bridgehead atoms. The number of aryl methyl sites for hydroxylation is 2. The third-order valence-corrected chi connectivity index (χ3v) is 5.25. The second-order valence-electron chi connectivity index (χ2n) is 7.81. The fraction of sp³-hybridized carbons (Fsp3) is 0.391. The van der Waals surface area contributed by atoms with Crippen LogP contribution in [0, 0.1) is 13.8 Å². The lowest BCUT2D eigenvalue weighted by Crippen LogP contribution is -2.39. The zero-order valence-corrected chi connectivity index (χ0v) is 18.7. The van der Waals surface area contributed by atoms with Gasteiger partial charge in [-0.15, -0.1) is 0 Å². The van der Waals surface area contributed by atoms with E-state index in [1.165, 1.54) is 0 Å². The predicted octanol–water partition coefficient (Wildman–Crippen LogP) is 3.20. The molecule has 31 heavy (non-hydrogen) atoms. The van der Waals surface area contributed by atoms with Crippen LogP contribution in [0.1, 0.15) is 23.3 Å². The van der Waals surface area contributed by atoms with E-state index in [1.807, 2.05) is 69.4 Å². The molecular formula is C23H28N6O2. The van der Waals surface area contributed by atoms with Crippen molar-refractivity contribution in [1.82, 2.24) is 19.9 Å². The molecule has 162 valence electrons. The van der Waals surface area contributed by atoms with Crippen molar-refractivity contribution >= 4 is 11.8 Å². The van der Waals surface area contributed by atoms with Crippen molar-refractivity contribution < 1.29 is 9.47 Å². The molecule has 0 saturated carbocycles. The van der Waals surface area contributed by atoms with Gasteiger partial charge in [0, 0.05) is 44.2 Å². The molecule has 8 nitrogen and oxygen atoms in total. The van der Waals surface area contributed by atoms with Gasteiger partial charge in [0.25, 0.3) is 0 Å². The van der Waals surface area contributed by atoms with Crippen molar-refractivity contribution in [1.29, 1.82) is 0 Å². The summed E-state index contributed by atoms with van der Waals surface area (Å²) in [6, 6.07) is 9.95. The van der Waals surface area contributed by atoms with Gasteiger partial charge in [-0.05, 0) is 31.5 Å². The van der Waals surface area contributed by atoms with Gasteiger partial charge >= 0.3 is 0 Å². The van der Waals surface area contributed by atoms with Crippen LogP contribution < -0.4 is 14.5 Å². The van der Waals surface area contributed by atoms with Gasteiger partial charge in [-0.3, -0.25) is 0 Å². The molecule has 2 aromatic heterocycles. The minimum atomic E-state index is -0.205. The lowest BCUT2D eigenvalue weighted by Gasteiger charge is -2.34. The number of anilines is 2. The first-order chi connectivity index (χ1) is 14.9. The summed E-state index contributed by atoms with van der Waals surface area (Å²) >= 11 is 0. The standard InChI is InChI=1S/C23H28N6O2/c1-15-12-21(26-16(2)25-15)29-10-11-31-20(14-29)22-19(13-24-23(27-22)28(3)4)17-6-8-18(30-5)9-7-17/h6-9,12-13,20H,10-11,14H2,1-5H3. The Morgan fingerprint density at radius 2 is 1.87 bits per heavy atom. The third kappa shape index (κ3) is 4.59. The van der Waals surface area contributed by atoms with E-state index in [9.17, 15) is 0 Å². The van der Waals surface area contributed by atoms with E-state index in [1.54, 1.807) is 7.11 Å². The Hall–Kier alpha value is -3.26. The summed E-state index contributed by atoms with van der Waals surface area (Å²) in [5.74, 6) is 3.16. The molecule has 0 amide bonds. The lowest BCUT2D eigenvalue weighted by atomic mass is 10.0. The highest BCUT2D eigenvalue weighted by Gasteiger charge is 2.28. The van der Waals surface area contributed by atoms with E-state index in [4.69, 9.17) is 14.5 Å². The van der Waals surface area contributed by atoms with Gasteiger partial charge < -0.3 is 19.3 Å². The van der Waals surface area contributed by atoms with Crippen LogP contribution in [0.3, 0.4) is 0 Å². The Morgan fingerprint density at radius 3 is 2.55 bits per heavy atom. The minimum absolute atomic E-state index is 0.205. The number of aromatic nitrogens is 4. The number of hydrogen-bond donors (Lipinski definition) is 0. The number of hydrogen-bond acceptors (Lipinski definition) is 8. The molecule has 1 aromatic carbocycles. The monoisotopic (exact) mass is 420 g/mol. The van der Waals surface area contributed by atoms with Crippen LogP contribution in [0.2, 0.25) is 0 Å². The van der Waals surface area contributed by atoms with E-state index in [0.717, 1.165) is 46.5 Å². The number of morpholine rings is 1. The number of benzene rings is 1. The second-order valence-corrected chi connectivity index (χ2v) is 7.81. The van der Waals surface area contributed by atoms with Gasteiger partial charge in [-0.1, -0.05) is 12.1 Å². The van der Waals surface area contributed by atoms with Crippen LogP contribution in [0.4, 0.5) is 11.8 Å². The molecule has 0 spiro atoms. The van der Waals surface area contributed by atoms with E-state index in [0.29, 0.717) is 19.1 Å². The quantitative estimate of drug-likeness (QED) is 0.623. The number of ether oxygens (including phenoxy) is 2. The van der Waals surface area contributed by atoms with Crippen molar-refractivity contribution in [3.05, 3.63) is 53.7 Å². The van der Waals surface area contributed by atoms with Crippen molar-refractivity contribution in [2.24, 2.45) is 0 Å². The third-order valence-electron chi connectivity index (χ3n) is 5.25. The Labute approximate surface area is 182 Å². The molecule has 8 heteroatoms. The second kappa shape index (κ2) is 8.85. The molecule has 1 atom stereocenters. The topological polar surface area (TPSA) is 76.5 Å². The SMILES string of the molecule is COc1ccc(-c2cnc(N(C)C)nc2C2CN(c3cc(C)nc(C)n3)CCO2)cc1. The maximum Gasteiger partial charge on any atom is 0.225 e. The number of rotatable bonds is 5. The highest BCUT2D eigenvalue weighted by Crippen LogP contribution is 2.33. The normalized spacial score (nSPS) is 16.3. The summed E-state index contributed by atoms with van der Waals surface area (Å²) in [5, 5.41) is 0. The van der Waals surface area contributed by atoms with Crippen LogP contribution in [0.5, 0.6) is 5.75 Å². The van der Waals surface area contributed by atoms with Gasteiger partial charge in [0.15, 0.2) is 0 Å². The van der Waals surface area contributed by atoms with Crippen LogP contribution in [-0.4, -0.2) is 60.8 Å². The molecular weight excluding hydrogens is 392 g/mol. The van der Waals surface area contributed by atoms with Crippen LogP contribution in [-0.2, 0) is 4.74 Å². The van der Waals surface area contributed by atoms with Crippen molar-refractivity contribution in [3.63, 3.8) is 0 Å².